The molecule has 4 aromatic rings. The first-order chi connectivity index (χ1) is 27.7. The van der Waals surface area contributed by atoms with Crippen LogP contribution in [0.5, 0.6) is 0 Å². The van der Waals surface area contributed by atoms with Gasteiger partial charge in [-0.2, -0.15) is 0 Å². The third kappa shape index (κ3) is 10.7. The van der Waals surface area contributed by atoms with E-state index in [4.69, 9.17) is 17.2 Å². The normalized spacial score (nSPS) is 19.7. The summed E-state index contributed by atoms with van der Waals surface area (Å²) in [5.74, 6) is -6.38. The van der Waals surface area contributed by atoms with E-state index in [1.54, 1.807) is 54.7 Å². The third-order valence-corrected chi connectivity index (χ3v) is 9.71. The number of carboxylic acid groups (broad SMARTS) is 1. The Hall–Kier alpha value is -7.24. The molecule has 0 unspecified atom stereocenters. The maximum Gasteiger partial charge on any atom is 0.305 e. The molecule has 6 bridgehead atoms. The number of nitrogens with one attached hydrogen (secondary N) is 5. The molecular formula is C40H46N10O8. The van der Waals surface area contributed by atoms with Crippen LogP contribution in [0.2, 0.25) is 0 Å². The Morgan fingerprint density at radius 2 is 1.57 bits per heavy atom. The van der Waals surface area contributed by atoms with E-state index in [2.05, 4.69) is 31.2 Å². The Morgan fingerprint density at radius 3 is 2.28 bits per heavy atom. The predicted octanol–water partition coefficient (Wildman–Crippen LogP) is -0.341. The fourth-order valence-electron chi connectivity index (χ4n) is 6.74. The quantitative estimate of drug-likeness (QED) is 0.0603. The highest BCUT2D eigenvalue weighted by Crippen LogP contribution is 2.31. The van der Waals surface area contributed by atoms with Gasteiger partial charge in [-0.05, 0) is 41.7 Å². The van der Waals surface area contributed by atoms with Gasteiger partial charge < -0.3 is 53.5 Å². The number of hydrogen-bond donors (Lipinski definition) is 9. The molecule has 2 heterocycles. The van der Waals surface area contributed by atoms with E-state index in [1.165, 1.54) is 7.05 Å². The zero-order valence-corrected chi connectivity index (χ0v) is 31.7. The summed E-state index contributed by atoms with van der Waals surface area (Å²) in [6.45, 7) is -0.550. The van der Waals surface area contributed by atoms with Crippen molar-refractivity contribution < 1.29 is 38.7 Å². The minimum absolute atomic E-state index is 0.0151. The fraction of sp³-hybridized carbons (Fsp3) is 0.300. The number of amides is 6. The summed E-state index contributed by atoms with van der Waals surface area (Å²) in [7, 11) is 1.38. The summed E-state index contributed by atoms with van der Waals surface area (Å²) >= 11 is 0. The predicted molar refractivity (Wildman–Crippen MR) is 214 cm³/mol. The van der Waals surface area contributed by atoms with E-state index >= 15 is 0 Å². The number of aliphatic carboxylic acids is 1. The lowest BCUT2D eigenvalue weighted by Crippen LogP contribution is -2.58. The molecule has 1 aliphatic heterocycles. The third-order valence-electron chi connectivity index (χ3n) is 9.71. The number of para-hydroxylation sites is 1. The molecule has 18 nitrogen and oxygen atoms in total. The standard InChI is InChI=1S/C40H46N10O8/c1-50-31(35(41)54)18-25-20-45-34-26(12-6-13-27(25)34)23-10-5-11-24(17-23)36(55)48-28(14-7-15-44-40(42)43)37(56)46-21-32(51)47-29(19-33(52)53)38(57)49-30(39(50)58)16-22-8-3-2-4-9-22/h2-6,8-13,17,20,28-31,45H,7,14-16,18-19,21H2,1H3,(H2,41,54)(H,46,56)(H,47,51)(H,48,55)(H,49,57)(H,52,53)(H4,42,43,44)/t28-,29-,30-,31+/m0/s1. The number of nitrogens with two attached hydrogens (primary N) is 3. The second-order valence-corrected chi connectivity index (χ2v) is 13.9. The molecule has 0 radical (unpaired) electrons. The molecule has 1 aliphatic rings. The highest BCUT2D eigenvalue weighted by Gasteiger charge is 2.34. The number of H-pyrrole nitrogens is 1. The summed E-state index contributed by atoms with van der Waals surface area (Å²) in [5.41, 5.74) is 20.3. The van der Waals surface area contributed by atoms with E-state index in [-0.39, 0.29) is 43.8 Å². The average molecular weight is 795 g/mol. The number of rotatable bonds is 9. The van der Waals surface area contributed by atoms with Gasteiger partial charge in [-0.25, -0.2) is 0 Å². The van der Waals surface area contributed by atoms with Crippen molar-refractivity contribution in [1.29, 1.82) is 0 Å². The van der Waals surface area contributed by atoms with E-state index in [0.29, 0.717) is 22.2 Å². The number of aromatic nitrogens is 1. The molecule has 0 fully saturated rings. The second-order valence-electron chi connectivity index (χ2n) is 13.9. The van der Waals surface area contributed by atoms with Crippen molar-refractivity contribution in [3.05, 3.63) is 95.7 Å². The van der Waals surface area contributed by atoms with Gasteiger partial charge in [0.1, 0.15) is 24.2 Å². The number of likely N-dealkylation sites (N-methyl/N-ethyl adjacent to an activating group) is 1. The minimum atomic E-state index is -1.69. The van der Waals surface area contributed by atoms with Crippen LogP contribution < -0.4 is 38.5 Å². The Labute approximate surface area is 333 Å². The van der Waals surface area contributed by atoms with Gasteiger partial charge >= 0.3 is 5.97 Å². The zero-order chi connectivity index (χ0) is 41.9. The maximum atomic E-state index is 14.3. The van der Waals surface area contributed by atoms with Gasteiger partial charge in [-0.1, -0.05) is 60.7 Å². The number of aliphatic imine (C=N–C) groups is 1. The highest BCUT2D eigenvalue weighted by molar-refractivity contribution is 6.02. The first-order valence-corrected chi connectivity index (χ1v) is 18.5. The largest absolute Gasteiger partial charge is 0.481 e. The van der Waals surface area contributed by atoms with Crippen LogP contribution in [-0.4, -0.2) is 107 Å². The minimum Gasteiger partial charge on any atom is -0.481 e. The Morgan fingerprint density at radius 1 is 0.845 bits per heavy atom. The van der Waals surface area contributed by atoms with Crippen molar-refractivity contribution in [2.24, 2.45) is 22.2 Å². The lowest BCUT2D eigenvalue weighted by molar-refractivity contribution is -0.143. The molecule has 6 amide bonds. The number of fused-ring (bicyclic) bond motifs is 3. The summed E-state index contributed by atoms with van der Waals surface area (Å²) in [6, 6.07) is 15.5. The molecule has 58 heavy (non-hydrogen) atoms. The van der Waals surface area contributed by atoms with E-state index in [0.717, 1.165) is 15.8 Å². The van der Waals surface area contributed by atoms with Crippen LogP contribution in [0.1, 0.15) is 40.7 Å². The van der Waals surface area contributed by atoms with Crippen molar-refractivity contribution in [3.8, 4) is 11.1 Å². The average Bonchev–Trinajstić information content (AvgIpc) is 3.61. The number of hydrogen-bond acceptors (Lipinski definition) is 8. The number of primary amides is 1. The molecule has 12 N–H and O–H groups in total. The molecule has 0 saturated heterocycles. The molecular weight excluding hydrogens is 749 g/mol. The number of benzene rings is 3. The Balaban J connectivity index is 1.56. The number of carboxylic acids is 1. The van der Waals surface area contributed by atoms with Crippen LogP contribution in [0.15, 0.2) is 84.0 Å². The SMILES string of the molecule is CN1C(=O)[C@H](Cc2ccccc2)NC(=O)[C@H](CC(=O)O)NC(=O)CNC(=O)[C@H](CCCN=C(N)N)NC(=O)c2cccc(c2)-c2cccc3c(c[nH]c23)C[C@@H]1C(N)=O. The molecule has 4 atom stereocenters. The van der Waals surface area contributed by atoms with Crippen LogP contribution in [-0.2, 0) is 41.6 Å². The summed E-state index contributed by atoms with van der Waals surface area (Å²) < 4.78 is 0. The molecule has 1 aromatic heterocycles. The smallest absolute Gasteiger partial charge is 0.305 e. The maximum absolute atomic E-state index is 14.3. The number of carbonyl (C=O) groups excluding carboxylic acids is 6. The van der Waals surface area contributed by atoms with Crippen molar-refractivity contribution >= 4 is 58.3 Å². The number of guanidine groups is 1. The summed E-state index contributed by atoms with van der Waals surface area (Å²) in [5, 5.41) is 20.4. The molecule has 18 heteroatoms. The van der Waals surface area contributed by atoms with Crippen molar-refractivity contribution in [2.75, 3.05) is 20.1 Å². The van der Waals surface area contributed by atoms with E-state index < -0.39 is 78.5 Å². The zero-order valence-electron chi connectivity index (χ0n) is 31.7. The van der Waals surface area contributed by atoms with E-state index in [1.807, 2.05) is 24.3 Å². The van der Waals surface area contributed by atoms with E-state index in [9.17, 15) is 38.7 Å². The first kappa shape index (κ1) is 41.9. The van der Waals surface area contributed by atoms with Crippen molar-refractivity contribution in [3.63, 3.8) is 0 Å². The van der Waals surface area contributed by atoms with Gasteiger partial charge in [0, 0.05) is 49.1 Å². The van der Waals surface area contributed by atoms with Gasteiger partial charge in [-0.15, -0.1) is 0 Å². The van der Waals surface area contributed by atoms with Crippen LogP contribution in [0.25, 0.3) is 22.0 Å². The van der Waals surface area contributed by atoms with Crippen molar-refractivity contribution in [2.45, 2.75) is 56.3 Å². The van der Waals surface area contributed by atoms with Gasteiger partial charge in [0.05, 0.1) is 18.5 Å². The number of aromatic amines is 1. The monoisotopic (exact) mass is 794 g/mol. The lowest BCUT2D eigenvalue weighted by Gasteiger charge is -2.31. The Kier molecular flexibility index (Phi) is 13.8. The van der Waals surface area contributed by atoms with Crippen LogP contribution >= 0.6 is 0 Å². The molecule has 0 saturated carbocycles. The van der Waals surface area contributed by atoms with Crippen LogP contribution in [0.3, 0.4) is 0 Å². The fourth-order valence-corrected chi connectivity index (χ4v) is 6.74. The highest BCUT2D eigenvalue weighted by atomic mass is 16.4. The topological polar surface area (TPSA) is 297 Å². The van der Waals surface area contributed by atoms with Crippen LogP contribution in [0, 0.1) is 0 Å². The number of nitrogens with zero attached hydrogens (tertiary/aromatic N) is 2. The van der Waals surface area contributed by atoms with Gasteiger partial charge in [0.15, 0.2) is 5.96 Å². The number of carbonyl (C=O) groups is 7. The first-order valence-electron chi connectivity index (χ1n) is 18.5. The molecule has 0 aliphatic carbocycles. The van der Waals surface area contributed by atoms with Crippen molar-refractivity contribution in [1.82, 2.24) is 31.2 Å². The van der Waals surface area contributed by atoms with Gasteiger partial charge in [0.2, 0.25) is 29.5 Å². The molecule has 0 spiro atoms. The van der Waals surface area contributed by atoms with Crippen LogP contribution in [0.4, 0.5) is 0 Å². The van der Waals surface area contributed by atoms with Gasteiger partial charge in [-0.3, -0.25) is 38.6 Å². The lowest BCUT2D eigenvalue weighted by atomic mass is 9.97. The summed E-state index contributed by atoms with van der Waals surface area (Å²) in [4.78, 5) is 101. The molecule has 5 rings (SSSR count). The second kappa shape index (κ2) is 19.1. The van der Waals surface area contributed by atoms with Gasteiger partial charge in [0.25, 0.3) is 5.91 Å². The molecule has 3 aromatic carbocycles. The molecule has 304 valence electrons. The summed E-state index contributed by atoms with van der Waals surface area (Å²) in [6.07, 6.45) is 1.10. The Bertz CT molecular complexity index is 2220.